The van der Waals surface area contributed by atoms with Crippen molar-refractivity contribution >= 4 is 11.6 Å². The van der Waals surface area contributed by atoms with Gasteiger partial charge in [0, 0.05) is 19.8 Å². The molecule has 0 spiro atoms. The van der Waals surface area contributed by atoms with Crippen molar-refractivity contribution in [2.24, 2.45) is 0 Å². The minimum absolute atomic E-state index is 0.0107. The number of carbonyl (C=O) groups excluding carboxylic acids is 1. The highest BCUT2D eigenvalue weighted by atomic mass is 16.5. The zero-order chi connectivity index (χ0) is 12.1. The molecule has 0 aromatic carbocycles. The fourth-order valence-corrected chi connectivity index (χ4v) is 1.18. The van der Waals surface area contributed by atoms with E-state index in [1.807, 2.05) is 13.0 Å². The lowest BCUT2D eigenvalue weighted by atomic mass is 10.3. The first kappa shape index (κ1) is 12.3. The van der Waals surface area contributed by atoms with Crippen molar-refractivity contribution in [1.82, 2.24) is 9.88 Å². The number of methoxy groups -OCH3 is 1. The summed E-state index contributed by atoms with van der Waals surface area (Å²) in [5, 5.41) is 3.03. The second kappa shape index (κ2) is 5.34. The maximum Gasteiger partial charge on any atom is 0.241 e. The molecule has 1 amide bonds. The number of amides is 1. The molecule has 0 aliphatic rings. The Balaban J connectivity index is 2.72. The van der Waals surface area contributed by atoms with Crippen molar-refractivity contribution < 1.29 is 9.53 Å². The van der Waals surface area contributed by atoms with Crippen LogP contribution in [0, 0.1) is 6.92 Å². The molecule has 1 aromatic heterocycles. The quantitative estimate of drug-likeness (QED) is 0.824. The monoisotopic (exact) mass is 223 g/mol. The minimum Gasteiger partial charge on any atom is -0.493 e. The number of pyridine rings is 1. The minimum atomic E-state index is 0.0107. The molecule has 1 rings (SSSR count). The highest BCUT2D eigenvalue weighted by molar-refractivity contribution is 5.80. The van der Waals surface area contributed by atoms with Gasteiger partial charge in [0.25, 0.3) is 0 Å². The average Bonchev–Trinajstić information content (AvgIpc) is 2.25. The molecule has 0 atom stereocenters. The Morgan fingerprint density at radius 2 is 2.25 bits per heavy atom. The summed E-state index contributed by atoms with van der Waals surface area (Å²) >= 11 is 0. The largest absolute Gasteiger partial charge is 0.493 e. The Labute approximate surface area is 95.4 Å². The molecular formula is C11H17N3O2. The third-order valence-corrected chi connectivity index (χ3v) is 2.15. The summed E-state index contributed by atoms with van der Waals surface area (Å²) in [6.45, 7) is 2.13. The van der Waals surface area contributed by atoms with Gasteiger partial charge in [-0.15, -0.1) is 0 Å². The number of carbonyl (C=O) groups is 1. The van der Waals surface area contributed by atoms with Crippen LogP contribution in [0.1, 0.15) is 5.69 Å². The van der Waals surface area contributed by atoms with Gasteiger partial charge in [-0.2, -0.15) is 0 Å². The van der Waals surface area contributed by atoms with Crippen LogP contribution in [0.5, 0.6) is 5.75 Å². The van der Waals surface area contributed by atoms with E-state index >= 15 is 0 Å². The molecule has 0 saturated carbocycles. The summed E-state index contributed by atoms with van der Waals surface area (Å²) in [5.74, 6) is 0.647. The second-order valence-electron chi connectivity index (χ2n) is 3.67. The van der Waals surface area contributed by atoms with E-state index in [4.69, 9.17) is 4.74 Å². The molecule has 0 radical (unpaired) electrons. The first-order valence-corrected chi connectivity index (χ1v) is 4.99. The SMILES string of the molecule is COc1cnc(C)cc1NCC(=O)N(C)C. The number of rotatable bonds is 4. The highest BCUT2D eigenvalue weighted by Crippen LogP contribution is 2.22. The van der Waals surface area contributed by atoms with E-state index in [-0.39, 0.29) is 12.5 Å². The van der Waals surface area contributed by atoms with Crippen LogP contribution in [0.3, 0.4) is 0 Å². The van der Waals surface area contributed by atoms with Gasteiger partial charge >= 0.3 is 0 Å². The van der Waals surface area contributed by atoms with E-state index < -0.39 is 0 Å². The molecule has 1 N–H and O–H groups in total. The number of anilines is 1. The lowest BCUT2D eigenvalue weighted by molar-refractivity contribution is -0.126. The summed E-state index contributed by atoms with van der Waals surface area (Å²) in [6.07, 6.45) is 1.64. The van der Waals surface area contributed by atoms with Crippen LogP contribution in [0.25, 0.3) is 0 Å². The maximum absolute atomic E-state index is 11.4. The summed E-state index contributed by atoms with van der Waals surface area (Å²) in [7, 11) is 5.02. The van der Waals surface area contributed by atoms with Gasteiger partial charge in [0.1, 0.15) is 0 Å². The molecule has 0 fully saturated rings. The van der Waals surface area contributed by atoms with Crippen molar-refractivity contribution in [3.8, 4) is 5.75 Å². The van der Waals surface area contributed by atoms with Gasteiger partial charge in [0.15, 0.2) is 5.75 Å². The Bertz CT molecular complexity index is 377. The van der Waals surface area contributed by atoms with Crippen LogP contribution in [0.4, 0.5) is 5.69 Å². The second-order valence-corrected chi connectivity index (χ2v) is 3.67. The lowest BCUT2D eigenvalue weighted by Crippen LogP contribution is -2.28. The third kappa shape index (κ3) is 3.12. The van der Waals surface area contributed by atoms with E-state index in [1.165, 1.54) is 4.90 Å². The Morgan fingerprint density at radius 1 is 1.56 bits per heavy atom. The Hall–Kier alpha value is -1.78. The van der Waals surface area contributed by atoms with E-state index in [0.717, 1.165) is 11.4 Å². The van der Waals surface area contributed by atoms with Crippen molar-refractivity contribution in [2.75, 3.05) is 33.1 Å². The standard InChI is InChI=1S/C11H17N3O2/c1-8-5-9(10(16-4)6-12-8)13-7-11(15)14(2)3/h5-6H,7H2,1-4H3,(H,12,13). The van der Waals surface area contributed by atoms with E-state index in [9.17, 15) is 4.79 Å². The number of aryl methyl sites for hydroxylation is 1. The lowest BCUT2D eigenvalue weighted by Gasteiger charge is -2.14. The molecule has 5 heteroatoms. The van der Waals surface area contributed by atoms with Crippen LogP contribution < -0.4 is 10.1 Å². The smallest absolute Gasteiger partial charge is 0.241 e. The van der Waals surface area contributed by atoms with Gasteiger partial charge in [0.2, 0.25) is 5.91 Å². The average molecular weight is 223 g/mol. The predicted octanol–water partition coefficient (Wildman–Crippen LogP) is 0.899. The van der Waals surface area contributed by atoms with E-state index in [2.05, 4.69) is 10.3 Å². The van der Waals surface area contributed by atoms with Crippen molar-refractivity contribution in [3.05, 3.63) is 18.0 Å². The Kier molecular flexibility index (Phi) is 4.10. The van der Waals surface area contributed by atoms with Crippen molar-refractivity contribution in [3.63, 3.8) is 0 Å². The first-order valence-electron chi connectivity index (χ1n) is 4.99. The van der Waals surface area contributed by atoms with Crippen molar-refractivity contribution in [2.45, 2.75) is 6.92 Å². The number of ether oxygens (including phenoxy) is 1. The van der Waals surface area contributed by atoms with Crippen LogP contribution in [0.2, 0.25) is 0 Å². The number of aromatic nitrogens is 1. The van der Waals surface area contributed by atoms with E-state index in [1.54, 1.807) is 27.4 Å². The number of hydrogen-bond donors (Lipinski definition) is 1. The zero-order valence-corrected chi connectivity index (χ0v) is 10.1. The molecule has 0 aliphatic carbocycles. The summed E-state index contributed by atoms with van der Waals surface area (Å²) in [6, 6.07) is 1.85. The summed E-state index contributed by atoms with van der Waals surface area (Å²) in [4.78, 5) is 17.1. The molecule has 0 aliphatic heterocycles. The van der Waals surface area contributed by atoms with Gasteiger partial charge in [0.05, 0.1) is 25.5 Å². The van der Waals surface area contributed by atoms with Crippen LogP contribution in [-0.4, -0.2) is 43.5 Å². The molecule has 1 aromatic rings. The number of likely N-dealkylation sites (N-methyl/N-ethyl adjacent to an activating group) is 1. The molecular weight excluding hydrogens is 206 g/mol. The predicted molar refractivity (Wildman–Crippen MR) is 62.7 cm³/mol. The molecule has 88 valence electrons. The molecule has 5 nitrogen and oxygen atoms in total. The van der Waals surface area contributed by atoms with Crippen LogP contribution in [0.15, 0.2) is 12.3 Å². The molecule has 1 heterocycles. The van der Waals surface area contributed by atoms with Crippen LogP contribution in [-0.2, 0) is 4.79 Å². The van der Waals surface area contributed by atoms with Gasteiger partial charge in [-0.25, -0.2) is 0 Å². The summed E-state index contributed by atoms with van der Waals surface area (Å²) in [5.41, 5.74) is 1.66. The normalized spacial score (nSPS) is 9.75. The fraction of sp³-hybridized carbons (Fsp3) is 0.455. The van der Waals surface area contributed by atoms with Crippen LogP contribution >= 0.6 is 0 Å². The van der Waals surface area contributed by atoms with Crippen molar-refractivity contribution in [1.29, 1.82) is 0 Å². The molecule has 16 heavy (non-hydrogen) atoms. The highest BCUT2D eigenvalue weighted by Gasteiger charge is 2.07. The van der Waals surface area contributed by atoms with Gasteiger partial charge in [-0.1, -0.05) is 0 Å². The molecule has 0 unspecified atom stereocenters. The number of nitrogens with one attached hydrogen (secondary N) is 1. The maximum atomic E-state index is 11.4. The summed E-state index contributed by atoms with van der Waals surface area (Å²) < 4.78 is 5.14. The topological polar surface area (TPSA) is 54.5 Å². The zero-order valence-electron chi connectivity index (χ0n) is 10.1. The fourth-order valence-electron chi connectivity index (χ4n) is 1.18. The van der Waals surface area contributed by atoms with E-state index in [0.29, 0.717) is 5.75 Å². The molecule has 0 bridgehead atoms. The van der Waals surface area contributed by atoms with Gasteiger partial charge in [-0.05, 0) is 13.0 Å². The van der Waals surface area contributed by atoms with Gasteiger partial charge in [-0.3, -0.25) is 9.78 Å². The first-order chi connectivity index (χ1) is 7.54. The number of hydrogen-bond acceptors (Lipinski definition) is 4. The number of nitrogens with zero attached hydrogens (tertiary/aromatic N) is 2. The Morgan fingerprint density at radius 3 is 2.81 bits per heavy atom. The third-order valence-electron chi connectivity index (χ3n) is 2.15. The molecule has 0 saturated heterocycles. The van der Waals surface area contributed by atoms with Gasteiger partial charge < -0.3 is 15.0 Å².